The zero-order chi connectivity index (χ0) is 17.2. The number of alkyl halides is 3. The molecule has 1 aliphatic rings. The number of aromatic nitrogens is 2. The van der Waals surface area contributed by atoms with Gasteiger partial charge in [0.05, 0.1) is 6.61 Å². The van der Waals surface area contributed by atoms with Crippen LogP contribution in [-0.4, -0.2) is 41.2 Å². The Morgan fingerprint density at radius 1 is 1.29 bits per heavy atom. The summed E-state index contributed by atoms with van der Waals surface area (Å²) in [7, 11) is 0. The van der Waals surface area contributed by atoms with Crippen molar-refractivity contribution < 1.29 is 27.1 Å². The van der Waals surface area contributed by atoms with Crippen molar-refractivity contribution in [3.05, 3.63) is 41.6 Å². The maximum absolute atomic E-state index is 12.5. The SMILES string of the molecule is Cc1nnc(C2CN(Cc3ccccc3OC(F)(F)F)CCO2)o1. The van der Waals surface area contributed by atoms with E-state index in [9.17, 15) is 13.2 Å². The third-order valence-electron chi connectivity index (χ3n) is 3.56. The second kappa shape index (κ2) is 6.78. The Bertz CT molecular complexity index is 690. The van der Waals surface area contributed by atoms with Gasteiger partial charge in [0.1, 0.15) is 11.9 Å². The van der Waals surface area contributed by atoms with Crippen molar-refractivity contribution in [3.8, 4) is 5.75 Å². The van der Waals surface area contributed by atoms with Crippen LogP contribution in [0.1, 0.15) is 23.4 Å². The number of para-hydroxylation sites is 1. The van der Waals surface area contributed by atoms with E-state index >= 15 is 0 Å². The highest BCUT2D eigenvalue weighted by Crippen LogP contribution is 2.29. The van der Waals surface area contributed by atoms with E-state index in [0.717, 1.165) is 0 Å². The number of aryl methyl sites for hydroxylation is 1. The molecule has 130 valence electrons. The molecule has 0 aliphatic carbocycles. The van der Waals surface area contributed by atoms with Crippen LogP contribution in [0, 0.1) is 6.92 Å². The Morgan fingerprint density at radius 3 is 2.79 bits per heavy atom. The lowest BCUT2D eigenvalue weighted by Crippen LogP contribution is -2.38. The molecule has 0 saturated carbocycles. The standard InChI is InChI=1S/C15H16F3N3O3/c1-10-19-20-14(23-10)13-9-21(6-7-22-13)8-11-4-2-3-5-12(11)24-15(16,17)18/h2-5,13H,6-9H2,1H3. The van der Waals surface area contributed by atoms with E-state index in [0.29, 0.717) is 43.6 Å². The van der Waals surface area contributed by atoms with Crippen LogP contribution in [-0.2, 0) is 11.3 Å². The lowest BCUT2D eigenvalue weighted by atomic mass is 10.1. The van der Waals surface area contributed by atoms with E-state index in [4.69, 9.17) is 9.15 Å². The third kappa shape index (κ3) is 4.24. The normalized spacial score (nSPS) is 19.4. The molecule has 2 heterocycles. The number of benzene rings is 1. The van der Waals surface area contributed by atoms with Crippen LogP contribution in [0.25, 0.3) is 0 Å². The molecule has 6 nitrogen and oxygen atoms in total. The van der Waals surface area contributed by atoms with Crippen molar-refractivity contribution >= 4 is 0 Å². The van der Waals surface area contributed by atoms with Gasteiger partial charge in [0.25, 0.3) is 0 Å². The molecule has 1 atom stereocenters. The molecule has 0 N–H and O–H groups in total. The number of rotatable bonds is 4. The smallest absolute Gasteiger partial charge is 0.423 e. The molecule has 2 aromatic rings. The summed E-state index contributed by atoms with van der Waals surface area (Å²) in [6.07, 6.45) is -5.11. The Morgan fingerprint density at radius 2 is 2.08 bits per heavy atom. The molecule has 0 amide bonds. The minimum Gasteiger partial charge on any atom is -0.423 e. The van der Waals surface area contributed by atoms with Gasteiger partial charge in [-0.2, -0.15) is 0 Å². The van der Waals surface area contributed by atoms with E-state index in [-0.39, 0.29) is 5.75 Å². The van der Waals surface area contributed by atoms with Crippen LogP contribution >= 0.6 is 0 Å². The van der Waals surface area contributed by atoms with Crippen LogP contribution in [0.15, 0.2) is 28.7 Å². The molecule has 1 aromatic heterocycles. The highest BCUT2D eigenvalue weighted by Gasteiger charge is 2.32. The summed E-state index contributed by atoms with van der Waals surface area (Å²) in [4.78, 5) is 1.96. The van der Waals surface area contributed by atoms with Gasteiger partial charge in [-0.05, 0) is 6.07 Å². The zero-order valence-electron chi connectivity index (χ0n) is 12.9. The largest absolute Gasteiger partial charge is 0.573 e. The molecule has 0 bridgehead atoms. The number of ether oxygens (including phenoxy) is 2. The molecule has 3 rings (SSSR count). The Kier molecular flexibility index (Phi) is 4.72. The van der Waals surface area contributed by atoms with E-state index in [2.05, 4.69) is 14.9 Å². The van der Waals surface area contributed by atoms with Gasteiger partial charge in [-0.1, -0.05) is 18.2 Å². The molecule has 1 aromatic carbocycles. The average molecular weight is 343 g/mol. The van der Waals surface area contributed by atoms with E-state index < -0.39 is 12.5 Å². The minimum absolute atomic E-state index is 0.193. The number of hydrogen-bond acceptors (Lipinski definition) is 6. The highest BCUT2D eigenvalue weighted by molar-refractivity contribution is 5.33. The summed E-state index contributed by atoms with van der Waals surface area (Å²) in [5.74, 6) is 0.619. The summed E-state index contributed by atoms with van der Waals surface area (Å²) >= 11 is 0. The summed E-state index contributed by atoms with van der Waals surface area (Å²) in [5.41, 5.74) is 0.456. The average Bonchev–Trinajstić information content (AvgIpc) is 2.95. The molecule has 9 heteroatoms. The van der Waals surface area contributed by atoms with Crippen LogP contribution < -0.4 is 4.74 Å². The van der Waals surface area contributed by atoms with Crippen molar-refractivity contribution in [2.45, 2.75) is 25.9 Å². The van der Waals surface area contributed by atoms with Gasteiger partial charge < -0.3 is 13.9 Å². The number of morpholine rings is 1. The second-order valence-electron chi connectivity index (χ2n) is 5.41. The lowest BCUT2D eigenvalue weighted by Gasteiger charge is -2.31. The fraction of sp³-hybridized carbons (Fsp3) is 0.467. The van der Waals surface area contributed by atoms with Crippen molar-refractivity contribution in [1.29, 1.82) is 0 Å². The molecular weight excluding hydrogens is 327 g/mol. The van der Waals surface area contributed by atoms with Crippen molar-refractivity contribution in [1.82, 2.24) is 15.1 Å². The van der Waals surface area contributed by atoms with Gasteiger partial charge in [-0.15, -0.1) is 23.4 Å². The lowest BCUT2D eigenvalue weighted by molar-refractivity contribution is -0.275. The Hall–Kier alpha value is -2.13. The monoisotopic (exact) mass is 343 g/mol. The third-order valence-corrected chi connectivity index (χ3v) is 3.56. The number of hydrogen-bond donors (Lipinski definition) is 0. The van der Waals surface area contributed by atoms with E-state index in [1.807, 2.05) is 4.90 Å². The summed E-state index contributed by atoms with van der Waals surface area (Å²) < 4.78 is 52.6. The number of nitrogens with zero attached hydrogens (tertiary/aromatic N) is 3. The maximum Gasteiger partial charge on any atom is 0.573 e. The quantitative estimate of drug-likeness (QED) is 0.851. The highest BCUT2D eigenvalue weighted by atomic mass is 19.4. The summed E-state index contributed by atoms with van der Waals surface area (Å²) in [5, 5.41) is 7.70. The van der Waals surface area contributed by atoms with Gasteiger partial charge >= 0.3 is 6.36 Å². The van der Waals surface area contributed by atoms with Crippen LogP contribution in [0.4, 0.5) is 13.2 Å². The van der Waals surface area contributed by atoms with Crippen LogP contribution in [0.5, 0.6) is 5.75 Å². The molecule has 1 saturated heterocycles. The Balaban J connectivity index is 1.70. The first-order valence-corrected chi connectivity index (χ1v) is 7.38. The van der Waals surface area contributed by atoms with E-state index in [1.54, 1.807) is 19.1 Å². The number of halogens is 3. The fourth-order valence-electron chi connectivity index (χ4n) is 2.54. The van der Waals surface area contributed by atoms with Crippen LogP contribution in [0.2, 0.25) is 0 Å². The minimum atomic E-state index is -4.72. The maximum atomic E-state index is 12.5. The predicted octanol–water partition coefficient (Wildman–Crippen LogP) is 2.85. The molecule has 1 fully saturated rings. The van der Waals surface area contributed by atoms with Crippen LogP contribution in [0.3, 0.4) is 0 Å². The fourth-order valence-corrected chi connectivity index (χ4v) is 2.54. The van der Waals surface area contributed by atoms with Gasteiger partial charge in [0.2, 0.25) is 11.8 Å². The zero-order valence-corrected chi connectivity index (χ0v) is 12.9. The van der Waals surface area contributed by atoms with Crippen molar-refractivity contribution in [2.24, 2.45) is 0 Å². The predicted molar refractivity (Wildman–Crippen MR) is 76.1 cm³/mol. The first kappa shape index (κ1) is 16.7. The molecule has 1 unspecified atom stereocenters. The summed E-state index contributed by atoms with van der Waals surface area (Å²) in [6, 6.07) is 6.11. The van der Waals surface area contributed by atoms with E-state index in [1.165, 1.54) is 12.1 Å². The van der Waals surface area contributed by atoms with Crippen molar-refractivity contribution in [2.75, 3.05) is 19.7 Å². The first-order valence-electron chi connectivity index (χ1n) is 7.38. The molecule has 0 spiro atoms. The van der Waals surface area contributed by atoms with Gasteiger partial charge in [-0.25, -0.2) is 0 Å². The van der Waals surface area contributed by atoms with Gasteiger partial charge in [0.15, 0.2) is 0 Å². The first-order chi connectivity index (χ1) is 11.4. The van der Waals surface area contributed by atoms with Gasteiger partial charge in [-0.3, -0.25) is 4.90 Å². The molecule has 24 heavy (non-hydrogen) atoms. The van der Waals surface area contributed by atoms with Crippen molar-refractivity contribution in [3.63, 3.8) is 0 Å². The molecular formula is C15H16F3N3O3. The van der Waals surface area contributed by atoms with Gasteiger partial charge in [0, 0.05) is 32.1 Å². The second-order valence-corrected chi connectivity index (χ2v) is 5.41. The summed E-state index contributed by atoms with van der Waals surface area (Å²) in [6.45, 7) is 3.45. The molecule has 0 radical (unpaired) electrons. The molecule has 1 aliphatic heterocycles. The topological polar surface area (TPSA) is 60.6 Å². The Labute approximate surface area is 136 Å².